The van der Waals surface area contributed by atoms with Crippen molar-refractivity contribution >= 4 is 16.0 Å². The zero-order valence-electron chi connectivity index (χ0n) is 15.3. The van der Waals surface area contributed by atoms with Crippen LogP contribution in [0.25, 0.3) is 0 Å². The summed E-state index contributed by atoms with van der Waals surface area (Å²) in [4.78, 5) is 15.9. The second-order valence-corrected chi connectivity index (χ2v) is 8.78. The molecule has 8 nitrogen and oxygen atoms in total. The Hall–Kier alpha value is -1.66. The van der Waals surface area contributed by atoms with Crippen molar-refractivity contribution in [3.63, 3.8) is 0 Å². The fraction of sp³-hybridized carbons (Fsp3) is 0.733. The third-order valence-electron chi connectivity index (χ3n) is 5.12. The summed E-state index contributed by atoms with van der Waals surface area (Å²) in [6.45, 7) is 5.20. The standard InChI is InChI=1S/C13H22N4O2S.C2HF3O2/c1-11-10-14-12-13(15(2)8-9-17(11)12)4-6-16(7-5-13)20(3,18)19;3-2(4,5)1(6)7/h10H,4-9H2,1-3H3;(H,6,7). The van der Waals surface area contributed by atoms with Crippen LogP contribution in [-0.2, 0) is 26.9 Å². The van der Waals surface area contributed by atoms with E-state index in [9.17, 15) is 21.6 Å². The molecule has 2 aliphatic heterocycles. The Balaban J connectivity index is 0.000000321. The number of aryl methyl sites for hydroxylation is 1. The summed E-state index contributed by atoms with van der Waals surface area (Å²) in [7, 11) is -0.955. The second kappa shape index (κ2) is 7.40. The number of halogens is 3. The molecule has 0 aliphatic carbocycles. The van der Waals surface area contributed by atoms with E-state index < -0.39 is 22.2 Å². The van der Waals surface area contributed by atoms with Crippen molar-refractivity contribution < 1.29 is 31.5 Å². The first-order valence-corrected chi connectivity index (χ1v) is 10.1. The van der Waals surface area contributed by atoms with Crippen LogP contribution in [-0.4, -0.2) is 77.4 Å². The number of piperidine rings is 1. The monoisotopic (exact) mass is 412 g/mol. The molecule has 3 rings (SSSR count). The van der Waals surface area contributed by atoms with Crippen molar-refractivity contribution in [2.24, 2.45) is 0 Å². The third kappa shape index (κ3) is 4.43. The van der Waals surface area contributed by atoms with Gasteiger partial charge in [-0.25, -0.2) is 22.5 Å². The van der Waals surface area contributed by atoms with Gasteiger partial charge in [0.05, 0.1) is 11.8 Å². The number of sulfonamides is 1. The summed E-state index contributed by atoms with van der Waals surface area (Å²) >= 11 is 0. The quantitative estimate of drug-likeness (QED) is 0.740. The Kier molecular flexibility index (Phi) is 5.93. The summed E-state index contributed by atoms with van der Waals surface area (Å²) in [6, 6.07) is 0. The fourth-order valence-corrected chi connectivity index (χ4v) is 4.39. The number of imidazole rings is 1. The maximum atomic E-state index is 11.7. The van der Waals surface area contributed by atoms with Gasteiger partial charge in [0.1, 0.15) is 5.82 Å². The number of alkyl halides is 3. The topological polar surface area (TPSA) is 95.7 Å². The van der Waals surface area contributed by atoms with E-state index in [-0.39, 0.29) is 5.54 Å². The second-order valence-electron chi connectivity index (χ2n) is 6.79. The van der Waals surface area contributed by atoms with Crippen molar-refractivity contribution in [2.45, 2.75) is 38.0 Å². The van der Waals surface area contributed by atoms with Crippen LogP contribution in [0.4, 0.5) is 13.2 Å². The molecule has 0 radical (unpaired) electrons. The van der Waals surface area contributed by atoms with Gasteiger partial charge in [-0.1, -0.05) is 0 Å². The number of carboxylic acid groups (broad SMARTS) is 1. The van der Waals surface area contributed by atoms with Crippen molar-refractivity contribution in [1.82, 2.24) is 18.8 Å². The molecule has 1 N–H and O–H groups in total. The maximum absolute atomic E-state index is 11.7. The molecule has 0 amide bonds. The summed E-state index contributed by atoms with van der Waals surface area (Å²) < 4.78 is 59.0. The molecule has 1 aromatic heterocycles. The molecule has 12 heteroatoms. The summed E-state index contributed by atoms with van der Waals surface area (Å²) in [5.41, 5.74) is 1.09. The molecule has 2 aliphatic rings. The molecule has 1 fully saturated rings. The van der Waals surface area contributed by atoms with Crippen molar-refractivity contribution in [1.29, 1.82) is 0 Å². The van der Waals surface area contributed by atoms with Crippen molar-refractivity contribution in [2.75, 3.05) is 32.9 Å². The van der Waals surface area contributed by atoms with Crippen LogP contribution in [0.5, 0.6) is 0 Å². The first-order chi connectivity index (χ1) is 12.3. The highest BCUT2D eigenvalue weighted by Crippen LogP contribution is 2.40. The Morgan fingerprint density at radius 1 is 1.22 bits per heavy atom. The normalized spacial score (nSPS) is 20.7. The molecule has 0 atom stereocenters. The minimum absolute atomic E-state index is 0.103. The molecule has 0 saturated carbocycles. The predicted molar refractivity (Wildman–Crippen MR) is 90.6 cm³/mol. The van der Waals surface area contributed by atoms with Crippen LogP contribution in [0.3, 0.4) is 0 Å². The molecule has 1 saturated heterocycles. The molecule has 154 valence electrons. The lowest BCUT2D eigenvalue weighted by atomic mass is 9.84. The van der Waals surface area contributed by atoms with Crippen LogP contribution in [0.2, 0.25) is 0 Å². The van der Waals surface area contributed by atoms with Gasteiger partial charge in [-0.3, -0.25) is 4.90 Å². The van der Waals surface area contributed by atoms with E-state index in [1.54, 1.807) is 4.31 Å². The lowest BCUT2D eigenvalue weighted by Gasteiger charge is -2.49. The highest BCUT2D eigenvalue weighted by atomic mass is 32.2. The van der Waals surface area contributed by atoms with Gasteiger partial charge < -0.3 is 9.67 Å². The van der Waals surface area contributed by atoms with E-state index in [0.717, 1.165) is 31.8 Å². The number of hydrogen-bond donors (Lipinski definition) is 1. The van der Waals surface area contributed by atoms with E-state index in [1.807, 2.05) is 6.20 Å². The predicted octanol–water partition coefficient (Wildman–Crippen LogP) is 1.02. The van der Waals surface area contributed by atoms with Gasteiger partial charge in [0.15, 0.2) is 0 Å². The lowest BCUT2D eigenvalue weighted by molar-refractivity contribution is -0.192. The van der Waals surface area contributed by atoms with Crippen molar-refractivity contribution in [3.8, 4) is 0 Å². The maximum Gasteiger partial charge on any atom is 0.490 e. The summed E-state index contributed by atoms with van der Waals surface area (Å²) in [5.74, 6) is -1.65. The van der Waals surface area contributed by atoms with Crippen LogP contribution in [0.1, 0.15) is 24.4 Å². The molecule has 1 spiro atoms. The Labute approximate surface area is 155 Å². The molecular formula is C15H23F3N4O4S. The van der Waals surface area contributed by atoms with E-state index in [4.69, 9.17) is 9.90 Å². The minimum Gasteiger partial charge on any atom is -0.475 e. The van der Waals surface area contributed by atoms with Gasteiger partial charge >= 0.3 is 12.1 Å². The molecule has 3 heterocycles. The molecule has 0 aromatic carbocycles. The van der Waals surface area contributed by atoms with Crippen LogP contribution in [0, 0.1) is 6.92 Å². The summed E-state index contributed by atoms with van der Waals surface area (Å²) in [6.07, 6.45) is -0.236. The molecule has 0 bridgehead atoms. The van der Waals surface area contributed by atoms with E-state index in [0.29, 0.717) is 13.1 Å². The van der Waals surface area contributed by atoms with Gasteiger partial charge in [-0.2, -0.15) is 13.2 Å². The number of fused-ring (bicyclic) bond motifs is 2. The van der Waals surface area contributed by atoms with E-state index in [1.165, 1.54) is 11.9 Å². The number of likely N-dealkylation sites (N-methyl/N-ethyl adjacent to an activating group) is 1. The Morgan fingerprint density at radius 3 is 2.19 bits per heavy atom. The van der Waals surface area contributed by atoms with Gasteiger partial charge in [0.25, 0.3) is 0 Å². The number of carboxylic acids is 1. The number of carbonyl (C=O) groups is 1. The fourth-order valence-electron chi connectivity index (χ4n) is 3.54. The van der Waals surface area contributed by atoms with Gasteiger partial charge in [-0.05, 0) is 26.8 Å². The molecule has 0 unspecified atom stereocenters. The molecule has 1 aromatic rings. The highest BCUT2D eigenvalue weighted by Gasteiger charge is 2.46. The number of hydrogen-bond acceptors (Lipinski definition) is 5. The number of aromatic nitrogens is 2. The molecular weight excluding hydrogens is 389 g/mol. The van der Waals surface area contributed by atoms with Crippen molar-refractivity contribution in [3.05, 3.63) is 17.7 Å². The highest BCUT2D eigenvalue weighted by molar-refractivity contribution is 7.88. The van der Waals surface area contributed by atoms with Crippen LogP contribution < -0.4 is 0 Å². The first-order valence-electron chi connectivity index (χ1n) is 8.28. The Morgan fingerprint density at radius 2 is 1.74 bits per heavy atom. The van der Waals surface area contributed by atoms with Crippen LogP contribution in [0.15, 0.2) is 6.20 Å². The average molecular weight is 412 g/mol. The average Bonchev–Trinajstić information content (AvgIpc) is 2.93. The molecule has 27 heavy (non-hydrogen) atoms. The van der Waals surface area contributed by atoms with E-state index in [2.05, 4.69) is 28.4 Å². The third-order valence-corrected chi connectivity index (χ3v) is 6.43. The van der Waals surface area contributed by atoms with Gasteiger partial charge in [0, 0.05) is 38.1 Å². The van der Waals surface area contributed by atoms with E-state index >= 15 is 0 Å². The Bertz CT molecular complexity index is 798. The van der Waals surface area contributed by atoms with Gasteiger partial charge in [0.2, 0.25) is 10.0 Å². The number of rotatable bonds is 1. The summed E-state index contributed by atoms with van der Waals surface area (Å²) in [5, 5.41) is 7.12. The first kappa shape index (κ1) is 21.6. The lowest BCUT2D eigenvalue weighted by Crippen LogP contribution is -2.56. The number of aliphatic carboxylic acids is 1. The smallest absolute Gasteiger partial charge is 0.475 e. The van der Waals surface area contributed by atoms with Gasteiger partial charge in [-0.15, -0.1) is 0 Å². The van der Waals surface area contributed by atoms with Crippen LogP contribution >= 0.6 is 0 Å². The zero-order valence-corrected chi connectivity index (χ0v) is 16.1. The SMILES string of the molecule is Cc1cnc2n1CCN(C)C21CCN(S(C)(=O)=O)CC1.O=C(O)C(F)(F)F. The zero-order chi connectivity index (χ0) is 20.6. The number of nitrogens with zero attached hydrogens (tertiary/aromatic N) is 4. The minimum atomic E-state index is -5.08. The largest absolute Gasteiger partial charge is 0.490 e.